The molecule has 1 atom stereocenters. The Bertz CT molecular complexity index is 674. The summed E-state index contributed by atoms with van der Waals surface area (Å²) in [5.41, 5.74) is 1.10. The molecule has 0 radical (unpaired) electrons. The number of aromatic nitrogens is 2. The molecule has 24 heavy (non-hydrogen) atoms. The Hall–Kier alpha value is -2.69. The Balaban J connectivity index is 1.49. The molecule has 0 saturated carbocycles. The summed E-state index contributed by atoms with van der Waals surface area (Å²) in [6.07, 6.45) is 9.06. The number of hydrogen-bond donors (Lipinski definition) is 0. The lowest BCUT2D eigenvalue weighted by atomic mass is 9.98. The van der Waals surface area contributed by atoms with E-state index in [1.807, 2.05) is 42.5 Å². The van der Waals surface area contributed by atoms with Gasteiger partial charge in [0.25, 0.3) is 0 Å². The second-order valence-corrected chi connectivity index (χ2v) is 5.78. The number of carbonyl (C=O) groups is 1. The van der Waals surface area contributed by atoms with Gasteiger partial charge in [0, 0.05) is 25.5 Å². The molecule has 0 amide bonds. The van der Waals surface area contributed by atoms with Crippen molar-refractivity contribution in [1.29, 1.82) is 0 Å². The average molecular weight is 323 g/mol. The van der Waals surface area contributed by atoms with Gasteiger partial charge >= 0.3 is 5.97 Å². The molecule has 5 heteroatoms. The molecular formula is C19H21N3O2. The lowest BCUT2D eigenvalue weighted by Gasteiger charge is -2.31. The smallest absolute Gasteiger partial charge is 0.311 e. The SMILES string of the molecule is O=C(OC/C=C/c1ccccc1)[C@H]1CCCN(c2ncccn2)C1. The van der Waals surface area contributed by atoms with Gasteiger partial charge in [-0.2, -0.15) is 0 Å². The number of piperidine rings is 1. The van der Waals surface area contributed by atoms with Crippen LogP contribution in [-0.4, -0.2) is 35.6 Å². The number of esters is 1. The normalized spacial score (nSPS) is 17.8. The van der Waals surface area contributed by atoms with Crippen molar-refractivity contribution in [2.45, 2.75) is 12.8 Å². The van der Waals surface area contributed by atoms with Crippen LogP contribution in [0.25, 0.3) is 6.08 Å². The van der Waals surface area contributed by atoms with Crippen molar-refractivity contribution in [1.82, 2.24) is 9.97 Å². The van der Waals surface area contributed by atoms with E-state index >= 15 is 0 Å². The first-order chi connectivity index (χ1) is 11.8. The van der Waals surface area contributed by atoms with Crippen LogP contribution < -0.4 is 4.90 Å². The summed E-state index contributed by atoms with van der Waals surface area (Å²) >= 11 is 0. The highest BCUT2D eigenvalue weighted by atomic mass is 16.5. The summed E-state index contributed by atoms with van der Waals surface area (Å²) in [5.74, 6) is 0.417. The number of rotatable bonds is 5. The van der Waals surface area contributed by atoms with Crippen LogP contribution in [0.5, 0.6) is 0 Å². The minimum Gasteiger partial charge on any atom is -0.461 e. The molecule has 1 aliphatic heterocycles. The zero-order chi connectivity index (χ0) is 16.6. The van der Waals surface area contributed by atoms with Crippen molar-refractivity contribution in [3.8, 4) is 0 Å². The summed E-state index contributed by atoms with van der Waals surface area (Å²) in [6, 6.07) is 11.7. The van der Waals surface area contributed by atoms with Crippen molar-refractivity contribution in [2.75, 3.05) is 24.6 Å². The molecule has 124 valence electrons. The van der Waals surface area contributed by atoms with Crippen LogP contribution in [-0.2, 0) is 9.53 Å². The Kier molecular flexibility index (Phi) is 5.56. The fourth-order valence-electron chi connectivity index (χ4n) is 2.80. The molecule has 0 unspecified atom stereocenters. The second-order valence-electron chi connectivity index (χ2n) is 5.78. The second kappa shape index (κ2) is 8.24. The molecular weight excluding hydrogens is 302 g/mol. The molecule has 1 aromatic carbocycles. The number of ether oxygens (including phenoxy) is 1. The zero-order valence-corrected chi connectivity index (χ0v) is 13.5. The lowest BCUT2D eigenvalue weighted by Crippen LogP contribution is -2.40. The number of nitrogens with zero attached hydrogens (tertiary/aromatic N) is 3. The van der Waals surface area contributed by atoms with Gasteiger partial charge < -0.3 is 9.64 Å². The van der Waals surface area contributed by atoms with Gasteiger partial charge in [-0.1, -0.05) is 36.4 Å². The van der Waals surface area contributed by atoms with Crippen molar-refractivity contribution >= 4 is 18.0 Å². The Morgan fingerprint density at radius 1 is 1.21 bits per heavy atom. The van der Waals surface area contributed by atoms with Gasteiger partial charge in [0.15, 0.2) is 0 Å². The molecule has 0 bridgehead atoms. The van der Waals surface area contributed by atoms with Crippen LogP contribution in [0, 0.1) is 5.92 Å². The number of anilines is 1. The highest BCUT2D eigenvalue weighted by Crippen LogP contribution is 2.21. The number of benzene rings is 1. The molecule has 0 aliphatic carbocycles. The van der Waals surface area contributed by atoms with E-state index in [0.717, 1.165) is 24.9 Å². The predicted molar refractivity (Wildman–Crippen MR) is 93.4 cm³/mol. The van der Waals surface area contributed by atoms with E-state index in [-0.39, 0.29) is 11.9 Å². The molecule has 2 aromatic rings. The minimum atomic E-state index is -0.145. The Labute approximate surface area is 142 Å². The molecule has 3 rings (SSSR count). The number of hydrogen-bond acceptors (Lipinski definition) is 5. The van der Waals surface area contributed by atoms with Crippen LogP contribution in [0.15, 0.2) is 54.9 Å². The first kappa shape index (κ1) is 16.2. The summed E-state index contributed by atoms with van der Waals surface area (Å²) < 4.78 is 5.39. The maximum atomic E-state index is 12.3. The zero-order valence-electron chi connectivity index (χ0n) is 13.5. The van der Waals surface area contributed by atoms with Gasteiger partial charge in [-0.05, 0) is 30.5 Å². The van der Waals surface area contributed by atoms with Crippen LogP contribution in [0.2, 0.25) is 0 Å². The molecule has 0 N–H and O–H groups in total. The molecule has 1 aliphatic rings. The molecule has 5 nitrogen and oxygen atoms in total. The maximum Gasteiger partial charge on any atom is 0.311 e. The van der Waals surface area contributed by atoms with Gasteiger partial charge in [-0.15, -0.1) is 0 Å². The number of carbonyl (C=O) groups excluding carboxylic acids is 1. The summed E-state index contributed by atoms with van der Waals surface area (Å²) in [6.45, 7) is 1.79. The van der Waals surface area contributed by atoms with E-state index in [1.165, 1.54) is 0 Å². The summed E-state index contributed by atoms with van der Waals surface area (Å²) in [7, 11) is 0. The third-order valence-corrected chi connectivity index (χ3v) is 4.02. The van der Waals surface area contributed by atoms with Crippen molar-refractivity contribution in [3.05, 3.63) is 60.4 Å². The molecule has 1 saturated heterocycles. The monoisotopic (exact) mass is 323 g/mol. The quantitative estimate of drug-likeness (QED) is 0.792. The van der Waals surface area contributed by atoms with Gasteiger partial charge in [-0.25, -0.2) is 9.97 Å². The predicted octanol–water partition coefficient (Wildman–Crippen LogP) is 2.95. The van der Waals surface area contributed by atoms with Crippen LogP contribution in [0.1, 0.15) is 18.4 Å². The first-order valence-corrected chi connectivity index (χ1v) is 8.23. The van der Waals surface area contributed by atoms with Gasteiger partial charge in [0.2, 0.25) is 5.95 Å². The van der Waals surface area contributed by atoms with Crippen LogP contribution in [0.4, 0.5) is 5.95 Å². The Morgan fingerprint density at radius 3 is 2.79 bits per heavy atom. The van der Waals surface area contributed by atoms with E-state index in [1.54, 1.807) is 18.5 Å². The topological polar surface area (TPSA) is 55.3 Å². The maximum absolute atomic E-state index is 12.3. The van der Waals surface area contributed by atoms with E-state index in [4.69, 9.17) is 4.74 Å². The van der Waals surface area contributed by atoms with E-state index < -0.39 is 0 Å². The van der Waals surface area contributed by atoms with Crippen molar-refractivity contribution in [2.24, 2.45) is 5.92 Å². The van der Waals surface area contributed by atoms with Crippen LogP contribution >= 0.6 is 0 Å². The third kappa shape index (κ3) is 4.41. The highest BCUT2D eigenvalue weighted by Gasteiger charge is 2.27. The summed E-state index contributed by atoms with van der Waals surface area (Å²) in [5, 5.41) is 0. The third-order valence-electron chi connectivity index (χ3n) is 4.02. The fraction of sp³-hybridized carbons (Fsp3) is 0.316. The van der Waals surface area contributed by atoms with Crippen molar-refractivity contribution < 1.29 is 9.53 Å². The summed E-state index contributed by atoms with van der Waals surface area (Å²) in [4.78, 5) is 22.8. The molecule has 1 fully saturated rings. The van der Waals surface area contributed by atoms with Crippen LogP contribution in [0.3, 0.4) is 0 Å². The van der Waals surface area contributed by atoms with E-state index in [2.05, 4.69) is 14.9 Å². The molecule has 1 aromatic heterocycles. The minimum absolute atomic E-state index is 0.118. The first-order valence-electron chi connectivity index (χ1n) is 8.23. The van der Waals surface area contributed by atoms with Gasteiger partial charge in [-0.3, -0.25) is 4.79 Å². The largest absolute Gasteiger partial charge is 0.461 e. The lowest BCUT2D eigenvalue weighted by molar-refractivity contribution is -0.147. The highest BCUT2D eigenvalue weighted by molar-refractivity contribution is 5.73. The fourth-order valence-corrected chi connectivity index (χ4v) is 2.80. The molecule has 2 heterocycles. The van der Waals surface area contributed by atoms with E-state index in [0.29, 0.717) is 19.1 Å². The Morgan fingerprint density at radius 2 is 2.00 bits per heavy atom. The standard InChI is InChI=1S/C19H21N3O2/c23-18(24-14-5-9-16-7-2-1-3-8-16)17-10-4-13-22(15-17)19-20-11-6-12-21-19/h1-3,5-9,11-12,17H,4,10,13-15H2/b9-5+/t17-/m0/s1. The van der Waals surface area contributed by atoms with Gasteiger partial charge in [0.05, 0.1) is 5.92 Å². The van der Waals surface area contributed by atoms with Gasteiger partial charge in [0.1, 0.15) is 6.61 Å². The van der Waals surface area contributed by atoms with Crippen molar-refractivity contribution in [3.63, 3.8) is 0 Å². The average Bonchev–Trinajstić information content (AvgIpc) is 2.67. The molecule has 0 spiro atoms. The van der Waals surface area contributed by atoms with E-state index in [9.17, 15) is 4.79 Å².